The van der Waals surface area contributed by atoms with Crippen LogP contribution in [0.2, 0.25) is 0 Å². The molecule has 17 heavy (non-hydrogen) atoms. The van der Waals surface area contributed by atoms with Crippen molar-refractivity contribution in [2.45, 2.75) is 18.1 Å². The van der Waals surface area contributed by atoms with Crippen LogP contribution in [0.25, 0.3) is 0 Å². The number of hydrogen-bond acceptors (Lipinski definition) is 3. The second-order valence-corrected chi connectivity index (χ2v) is 5.87. The molecule has 0 aliphatic carbocycles. The summed E-state index contributed by atoms with van der Waals surface area (Å²) in [5, 5.41) is 10.7. The van der Waals surface area contributed by atoms with Crippen LogP contribution >= 0.6 is 15.9 Å². The van der Waals surface area contributed by atoms with Crippen molar-refractivity contribution in [3.05, 3.63) is 34.3 Å². The van der Waals surface area contributed by atoms with E-state index >= 15 is 0 Å². The molecule has 2 fully saturated rings. The summed E-state index contributed by atoms with van der Waals surface area (Å²) in [4.78, 5) is 2.34. The van der Waals surface area contributed by atoms with Gasteiger partial charge in [-0.25, -0.2) is 0 Å². The van der Waals surface area contributed by atoms with Gasteiger partial charge in [-0.2, -0.15) is 0 Å². The van der Waals surface area contributed by atoms with Crippen LogP contribution in [0.3, 0.4) is 0 Å². The van der Waals surface area contributed by atoms with Crippen LogP contribution in [0, 0.1) is 0 Å². The Bertz CT molecular complexity index is 422. The molecule has 2 aliphatic heterocycles. The number of rotatable bonds is 2. The van der Waals surface area contributed by atoms with Gasteiger partial charge in [0.25, 0.3) is 0 Å². The lowest BCUT2D eigenvalue weighted by Gasteiger charge is -2.35. The molecule has 0 spiro atoms. The van der Waals surface area contributed by atoms with Crippen LogP contribution in [-0.4, -0.2) is 42.4 Å². The quantitative estimate of drug-likeness (QED) is 0.903. The fourth-order valence-electron chi connectivity index (χ4n) is 2.58. The number of likely N-dealkylation sites (tertiary alicyclic amines) is 1. The highest BCUT2D eigenvalue weighted by atomic mass is 79.9. The molecule has 1 aromatic carbocycles. The van der Waals surface area contributed by atoms with Gasteiger partial charge in [-0.1, -0.05) is 28.1 Å². The smallest absolute Gasteiger partial charge is 0.104 e. The second kappa shape index (κ2) is 4.35. The maximum absolute atomic E-state index is 10.7. The molecule has 2 saturated heterocycles. The molecule has 0 bridgehead atoms. The molecule has 1 aromatic rings. The first-order valence-electron chi connectivity index (χ1n) is 5.98. The minimum Gasteiger partial charge on any atom is -0.384 e. The lowest BCUT2D eigenvalue weighted by molar-refractivity contribution is -0.0665. The highest BCUT2D eigenvalue weighted by molar-refractivity contribution is 9.10. The molecule has 4 heteroatoms. The number of ether oxygens (including phenoxy) is 1. The molecule has 0 radical (unpaired) electrons. The first-order chi connectivity index (χ1) is 8.17. The number of benzene rings is 1. The van der Waals surface area contributed by atoms with Gasteiger partial charge in [-0.05, 0) is 24.1 Å². The monoisotopic (exact) mass is 297 g/mol. The third-order valence-corrected chi connectivity index (χ3v) is 4.27. The molecule has 1 atom stereocenters. The molecular formula is C13H16BrNO2. The minimum absolute atomic E-state index is 0.510. The van der Waals surface area contributed by atoms with E-state index in [0.717, 1.165) is 42.8 Å². The Balaban J connectivity index is 1.78. The fraction of sp³-hybridized carbons (Fsp3) is 0.538. The second-order valence-electron chi connectivity index (χ2n) is 4.95. The average molecular weight is 298 g/mol. The summed E-state index contributed by atoms with van der Waals surface area (Å²) in [5.74, 6) is 0. The Morgan fingerprint density at radius 1 is 1.41 bits per heavy atom. The number of halogens is 1. The van der Waals surface area contributed by atoms with Gasteiger partial charge in [0.1, 0.15) is 5.60 Å². The van der Waals surface area contributed by atoms with Gasteiger partial charge in [0.05, 0.1) is 19.3 Å². The summed E-state index contributed by atoms with van der Waals surface area (Å²) in [7, 11) is 0. The number of β-amino-alcohol motifs (C(OH)–C–C–N with tert-alkyl or cyclic N) is 1. The van der Waals surface area contributed by atoms with Crippen LogP contribution in [0.1, 0.15) is 12.0 Å². The van der Waals surface area contributed by atoms with E-state index in [1.807, 2.05) is 24.3 Å². The van der Waals surface area contributed by atoms with E-state index in [9.17, 15) is 5.11 Å². The molecule has 0 saturated carbocycles. The van der Waals surface area contributed by atoms with Crippen molar-refractivity contribution in [2.24, 2.45) is 0 Å². The van der Waals surface area contributed by atoms with E-state index < -0.39 is 5.60 Å². The van der Waals surface area contributed by atoms with E-state index in [4.69, 9.17) is 4.74 Å². The normalized spacial score (nSPS) is 30.5. The predicted octanol–water partition coefficient (Wildman–Crippen LogP) is 1.74. The van der Waals surface area contributed by atoms with Crippen molar-refractivity contribution in [1.82, 2.24) is 4.90 Å². The molecule has 92 valence electrons. The average Bonchev–Trinajstić information content (AvgIpc) is 2.60. The van der Waals surface area contributed by atoms with Gasteiger partial charge in [0.15, 0.2) is 0 Å². The van der Waals surface area contributed by atoms with Crippen molar-refractivity contribution in [1.29, 1.82) is 0 Å². The largest absolute Gasteiger partial charge is 0.384 e. The number of hydrogen-bond donors (Lipinski definition) is 1. The van der Waals surface area contributed by atoms with Crippen molar-refractivity contribution >= 4 is 15.9 Å². The predicted molar refractivity (Wildman–Crippen MR) is 68.8 cm³/mol. The Morgan fingerprint density at radius 3 is 2.88 bits per heavy atom. The molecule has 0 amide bonds. The van der Waals surface area contributed by atoms with Crippen molar-refractivity contribution in [3.8, 4) is 0 Å². The van der Waals surface area contributed by atoms with Crippen LogP contribution in [-0.2, 0) is 10.3 Å². The maximum Gasteiger partial charge on any atom is 0.104 e. The van der Waals surface area contributed by atoms with E-state index in [-0.39, 0.29) is 0 Å². The van der Waals surface area contributed by atoms with Crippen molar-refractivity contribution in [2.75, 3.05) is 26.3 Å². The standard InChI is InChI=1S/C13H16BrNO2/c14-11-3-1-2-10(6-11)13(16)4-5-15(9-13)12-7-17-8-12/h1-3,6,12,16H,4-5,7-9H2. The highest BCUT2D eigenvalue weighted by Gasteiger charge is 2.41. The van der Waals surface area contributed by atoms with Crippen LogP contribution in [0.4, 0.5) is 0 Å². The number of nitrogens with zero attached hydrogens (tertiary/aromatic N) is 1. The summed E-state index contributed by atoms with van der Waals surface area (Å²) in [6.45, 7) is 3.30. The van der Waals surface area contributed by atoms with Gasteiger partial charge in [0, 0.05) is 17.6 Å². The molecule has 1 unspecified atom stereocenters. The Labute approximate surface area is 110 Å². The van der Waals surface area contributed by atoms with Crippen molar-refractivity contribution < 1.29 is 9.84 Å². The van der Waals surface area contributed by atoms with Crippen LogP contribution in [0.15, 0.2) is 28.7 Å². The Hall–Kier alpha value is -0.420. The van der Waals surface area contributed by atoms with E-state index in [1.165, 1.54) is 0 Å². The lowest BCUT2D eigenvalue weighted by Crippen LogP contribution is -2.49. The SMILES string of the molecule is OC1(c2cccc(Br)c2)CCN(C2COC2)C1. The molecule has 3 nitrogen and oxygen atoms in total. The summed E-state index contributed by atoms with van der Waals surface area (Å²) in [6, 6.07) is 8.49. The molecular weight excluding hydrogens is 282 g/mol. The maximum atomic E-state index is 10.7. The van der Waals surface area contributed by atoms with Gasteiger partial charge < -0.3 is 9.84 Å². The molecule has 2 aliphatic rings. The first-order valence-corrected chi connectivity index (χ1v) is 6.77. The van der Waals surface area contributed by atoms with E-state index in [2.05, 4.69) is 20.8 Å². The zero-order valence-electron chi connectivity index (χ0n) is 9.60. The van der Waals surface area contributed by atoms with Gasteiger partial charge in [-0.15, -0.1) is 0 Å². The Kier molecular flexibility index (Phi) is 2.99. The van der Waals surface area contributed by atoms with Crippen molar-refractivity contribution in [3.63, 3.8) is 0 Å². The summed E-state index contributed by atoms with van der Waals surface area (Å²) in [5.41, 5.74) is 0.314. The Morgan fingerprint density at radius 2 is 2.24 bits per heavy atom. The third-order valence-electron chi connectivity index (χ3n) is 3.78. The van der Waals surface area contributed by atoms with E-state index in [1.54, 1.807) is 0 Å². The first kappa shape index (κ1) is 11.7. The molecule has 3 rings (SSSR count). The number of aliphatic hydroxyl groups is 1. The van der Waals surface area contributed by atoms with Crippen LogP contribution < -0.4 is 0 Å². The summed E-state index contributed by atoms with van der Waals surface area (Å²) in [6.07, 6.45) is 0.806. The van der Waals surface area contributed by atoms with Crippen LogP contribution in [0.5, 0.6) is 0 Å². The lowest BCUT2D eigenvalue weighted by atomic mass is 9.93. The van der Waals surface area contributed by atoms with Gasteiger partial charge in [0.2, 0.25) is 0 Å². The summed E-state index contributed by atoms with van der Waals surface area (Å²) < 4.78 is 6.23. The zero-order chi connectivity index (χ0) is 11.9. The fourth-order valence-corrected chi connectivity index (χ4v) is 2.98. The summed E-state index contributed by atoms with van der Waals surface area (Å²) >= 11 is 3.46. The topological polar surface area (TPSA) is 32.7 Å². The third kappa shape index (κ3) is 2.15. The van der Waals surface area contributed by atoms with Gasteiger partial charge >= 0.3 is 0 Å². The van der Waals surface area contributed by atoms with E-state index in [0.29, 0.717) is 6.04 Å². The molecule has 2 heterocycles. The van der Waals surface area contributed by atoms with Gasteiger partial charge in [-0.3, -0.25) is 4.90 Å². The zero-order valence-corrected chi connectivity index (χ0v) is 11.2. The molecule has 1 N–H and O–H groups in total. The minimum atomic E-state index is -0.695. The molecule has 0 aromatic heterocycles. The highest BCUT2D eigenvalue weighted by Crippen LogP contribution is 2.34.